The summed E-state index contributed by atoms with van der Waals surface area (Å²) in [7, 11) is 0. The molecule has 0 fully saturated rings. The molecule has 1 aromatic heterocycles. The molecule has 2 aromatic rings. The Morgan fingerprint density at radius 1 is 1.33 bits per heavy atom. The average molecular weight is 252 g/mol. The van der Waals surface area contributed by atoms with Gasteiger partial charge in [0.15, 0.2) is 0 Å². The molecule has 15 heavy (non-hydrogen) atoms. The first-order valence-corrected chi connectivity index (χ1v) is 6.28. The molecule has 4 heteroatoms. The third kappa shape index (κ3) is 2.54. The highest BCUT2D eigenvalue weighted by atomic mass is 35.5. The maximum absolute atomic E-state index is 8.70. The van der Waals surface area contributed by atoms with Gasteiger partial charge in [0, 0.05) is 4.90 Å². The average Bonchev–Trinajstić information content (AvgIpc) is 2.74. The zero-order valence-corrected chi connectivity index (χ0v) is 9.99. The first-order chi connectivity index (χ1) is 7.29. The summed E-state index contributed by atoms with van der Waals surface area (Å²) in [5.74, 6) is 0. The molecule has 0 atom stereocenters. The molecule has 0 amide bonds. The molecule has 1 nitrogen and oxygen atoms in total. The Kier molecular flexibility index (Phi) is 3.32. The van der Waals surface area contributed by atoms with Crippen LogP contribution >= 0.6 is 34.7 Å². The maximum atomic E-state index is 8.70. The zero-order valence-electron chi connectivity index (χ0n) is 7.61. The summed E-state index contributed by atoms with van der Waals surface area (Å²) >= 11 is 9.35. The summed E-state index contributed by atoms with van der Waals surface area (Å²) in [5, 5.41) is 11.4. The van der Waals surface area contributed by atoms with Crippen LogP contribution in [0.1, 0.15) is 5.56 Å². The lowest BCUT2D eigenvalue weighted by Crippen LogP contribution is -1.77. The van der Waals surface area contributed by atoms with Crippen LogP contribution in [0.4, 0.5) is 0 Å². The highest BCUT2D eigenvalue weighted by Crippen LogP contribution is 2.35. The van der Waals surface area contributed by atoms with Crippen molar-refractivity contribution in [1.29, 1.82) is 5.26 Å². The van der Waals surface area contributed by atoms with Crippen molar-refractivity contribution in [3.63, 3.8) is 0 Å². The summed E-state index contributed by atoms with van der Waals surface area (Å²) < 4.78 is 1.20. The number of thiophene rings is 1. The van der Waals surface area contributed by atoms with Gasteiger partial charge >= 0.3 is 0 Å². The van der Waals surface area contributed by atoms with Crippen molar-refractivity contribution in [2.24, 2.45) is 0 Å². The van der Waals surface area contributed by atoms with Crippen LogP contribution in [-0.2, 0) is 0 Å². The molecule has 0 N–H and O–H groups in total. The van der Waals surface area contributed by atoms with E-state index in [0.717, 1.165) is 4.90 Å². The van der Waals surface area contributed by atoms with Gasteiger partial charge in [0.25, 0.3) is 0 Å². The van der Waals surface area contributed by atoms with E-state index < -0.39 is 0 Å². The quantitative estimate of drug-likeness (QED) is 0.789. The lowest BCUT2D eigenvalue weighted by Gasteiger charge is -2.01. The maximum Gasteiger partial charge on any atom is 0.0992 e. The minimum atomic E-state index is 0.593. The van der Waals surface area contributed by atoms with E-state index in [-0.39, 0.29) is 0 Å². The Labute approximate surface area is 101 Å². The van der Waals surface area contributed by atoms with Gasteiger partial charge in [-0.3, -0.25) is 0 Å². The molecular weight excluding hydrogens is 246 g/mol. The fourth-order valence-corrected chi connectivity index (χ4v) is 3.11. The first-order valence-electron chi connectivity index (χ1n) is 4.20. The van der Waals surface area contributed by atoms with E-state index in [1.807, 2.05) is 23.6 Å². The van der Waals surface area contributed by atoms with Crippen LogP contribution in [0.25, 0.3) is 0 Å². The van der Waals surface area contributed by atoms with Gasteiger partial charge in [-0.1, -0.05) is 29.4 Å². The van der Waals surface area contributed by atoms with Gasteiger partial charge in [-0.25, -0.2) is 0 Å². The fourth-order valence-electron chi connectivity index (χ4n) is 1.08. The van der Waals surface area contributed by atoms with Crippen molar-refractivity contribution in [3.05, 3.63) is 46.3 Å². The normalized spacial score (nSPS) is 9.87. The largest absolute Gasteiger partial charge is 0.192 e. The van der Waals surface area contributed by atoms with Gasteiger partial charge in [0.1, 0.15) is 0 Å². The number of nitriles is 1. The predicted molar refractivity (Wildman–Crippen MR) is 64.6 cm³/mol. The minimum absolute atomic E-state index is 0.593. The van der Waals surface area contributed by atoms with Gasteiger partial charge < -0.3 is 0 Å². The van der Waals surface area contributed by atoms with E-state index in [0.29, 0.717) is 10.6 Å². The second-order valence-corrected chi connectivity index (χ2v) is 5.49. The molecule has 0 aliphatic rings. The Bertz CT molecular complexity index is 500. The number of halogens is 1. The Hall–Kier alpha value is -0.950. The van der Waals surface area contributed by atoms with Crippen LogP contribution in [0.15, 0.2) is 44.8 Å². The third-order valence-electron chi connectivity index (χ3n) is 1.77. The Balaban J connectivity index is 2.27. The summed E-state index contributed by atoms with van der Waals surface area (Å²) in [6.07, 6.45) is 0. The molecule has 0 spiro atoms. The van der Waals surface area contributed by atoms with Crippen molar-refractivity contribution in [2.45, 2.75) is 9.10 Å². The molecule has 0 bridgehead atoms. The van der Waals surface area contributed by atoms with E-state index in [1.165, 1.54) is 4.21 Å². The molecule has 2 rings (SSSR count). The minimum Gasteiger partial charge on any atom is -0.192 e. The number of nitrogens with zero attached hydrogens (tertiary/aromatic N) is 1. The van der Waals surface area contributed by atoms with Crippen LogP contribution in [0.2, 0.25) is 5.02 Å². The Morgan fingerprint density at radius 2 is 2.20 bits per heavy atom. The first kappa shape index (κ1) is 10.6. The predicted octanol–water partition coefficient (Wildman–Crippen LogP) is 4.42. The molecule has 0 radical (unpaired) electrons. The van der Waals surface area contributed by atoms with E-state index in [1.54, 1.807) is 35.2 Å². The molecule has 0 saturated carbocycles. The number of benzene rings is 1. The smallest absolute Gasteiger partial charge is 0.0992 e. The zero-order chi connectivity index (χ0) is 10.7. The van der Waals surface area contributed by atoms with E-state index in [9.17, 15) is 0 Å². The van der Waals surface area contributed by atoms with Crippen LogP contribution in [0.3, 0.4) is 0 Å². The van der Waals surface area contributed by atoms with Crippen molar-refractivity contribution >= 4 is 34.7 Å². The fraction of sp³-hybridized carbons (Fsp3) is 0. The molecule has 0 unspecified atom stereocenters. The molecule has 0 aliphatic carbocycles. The molecule has 0 aliphatic heterocycles. The molecular formula is C11H6ClNS2. The lowest BCUT2D eigenvalue weighted by molar-refractivity contribution is 1.41. The molecule has 0 saturated heterocycles. The summed E-state index contributed by atoms with van der Waals surface area (Å²) in [5.41, 5.74) is 0.593. The van der Waals surface area contributed by atoms with Gasteiger partial charge in [-0.2, -0.15) is 5.26 Å². The molecule has 1 heterocycles. The summed E-state index contributed by atoms with van der Waals surface area (Å²) in [4.78, 5) is 0.984. The van der Waals surface area contributed by atoms with Crippen LogP contribution in [0, 0.1) is 11.3 Å². The second-order valence-electron chi connectivity index (χ2n) is 2.79. The number of hydrogen-bond donors (Lipinski definition) is 0. The molecule has 1 aromatic carbocycles. The lowest BCUT2D eigenvalue weighted by atomic mass is 10.2. The third-order valence-corrected chi connectivity index (χ3v) is 4.30. The second kappa shape index (κ2) is 4.71. The highest BCUT2D eigenvalue weighted by Gasteiger charge is 2.04. The van der Waals surface area contributed by atoms with Crippen LogP contribution < -0.4 is 0 Å². The van der Waals surface area contributed by atoms with E-state index in [2.05, 4.69) is 6.07 Å². The van der Waals surface area contributed by atoms with Gasteiger partial charge in [-0.05, 0) is 29.6 Å². The van der Waals surface area contributed by atoms with E-state index >= 15 is 0 Å². The van der Waals surface area contributed by atoms with Crippen molar-refractivity contribution < 1.29 is 0 Å². The van der Waals surface area contributed by atoms with Gasteiger partial charge in [-0.15, -0.1) is 11.3 Å². The van der Waals surface area contributed by atoms with Crippen molar-refractivity contribution in [2.75, 3.05) is 0 Å². The number of rotatable bonds is 2. The Morgan fingerprint density at radius 3 is 2.80 bits per heavy atom. The summed E-state index contributed by atoms with van der Waals surface area (Å²) in [6.45, 7) is 0. The van der Waals surface area contributed by atoms with Crippen LogP contribution in [-0.4, -0.2) is 0 Å². The standard InChI is InChI=1S/C11H6ClNS2/c12-9-6-8(7-13)3-4-10(9)15-11-2-1-5-14-11/h1-6H. The van der Waals surface area contributed by atoms with Gasteiger partial charge in [0.05, 0.1) is 20.9 Å². The molecule has 74 valence electrons. The number of hydrogen-bond acceptors (Lipinski definition) is 3. The highest BCUT2D eigenvalue weighted by molar-refractivity contribution is 8.01. The monoisotopic (exact) mass is 251 g/mol. The van der Waals surface area contributed by atoms with Crippen molar-refractivity contribution in [1.82, 2.24) is 0 Å². The SMILES string of the molecule is N#Cc1ccc(Sc2cccs2)c(Cl)c1. The topological polar surface area (TPSA) is 23.8 Å². The van der Waals surface area contributed by atoms with Crippen molar-refractivity contribution in [3.8, 4) is 6.07 Å². The van der Waals surface area contributed by atoms with Gasteiger partial charge in [0.2, 0.25) is 0 Å². The van der Waals surface area contributed by atoms with E-state index in [4.69, 9.17) is 16.9 Å². The summed E-state index contributed by atoms with van der Waals surface area (Å²) in [6, 6.07) is 11.5. The van der Waals surface area contributed by atoms with Crippen LogP contribution in [0.5, 0.6) is 0 Å².